The standard InChI is InChI=1S/C16H29N3S/c1-13(2)9-17-10-16-18-15(12-20-16)11-19-8-6-4-5-7-14(19)3/h12-14,17H,4-11H2,1-3H3. The van der Waals surface area contributed by atoms with Crippen molar-refractivity contribution in [1.29, 1.82) is 0 Å². The zero-order chi connectivity index (χ0) is 14.4. The predicted octanol–water partition coefficient (Wildman–Crippen LogP) is 3.65. The molecule has 0 amide bonds. The van der Waals surface area contributed by atoms with Gasteiger partial charge in [0, 0.05) is 24.5 Å². The van der Waals surface area contributed by atoms with Gasteiger partial charge in [0.05, 0.1) is 5.69 Å². The second-order valence-corrected chi connectivity index (χ2v) is 7.37. The van der Waals surface area contributed by atoms with E-state index in [1.165, 1.54) is 42.9 Å². The summed E-state index contributed by atoms with van der Waals surface area (Å²) >= 11 is 1.80. The average Bonchev–Trinajstić information content (AvgIpc) is 2.74. The molecule has 2 heterocycles. The molecular formula is C16H29N3S. The van der Waals surface area contributed by atoms with Gasteiger partial charge in [-0.05, 0) is 38.8 Å². The van der Waals surface area contributed by atoms with Crippen molar-refractivity contribution >= 4 is 11.3 Å². The molecule has 0 aliphatic carbocycles. The molecule has 1 unspecified atom stereocenters. The van der Waals surface area contributed by atoms with Crippen LogP contribution in [0.1, 0.15) is 57.2 Å². The van der Waals surface area contributed by atoms with Gasteiger partial charge in [-0.1, -0.05) is 26.7 Å². The lowest BCUT2D eigenvalue weighted by atomic mass is 10.1. The largest absolute Gasteiger partial charge is 0.310 e. The highest BCUT2D eigenvalue weighted by molar-refractivity contribution is 7.09. The van der Waals surface area contributed by atoms with Gasteiger partial charge in [-0.3, -0.25) is 4.90 Å². The van der Waals surface area contributed by atoms with E-state index in [4.69, 9.17) is 4.98 Å². The van der Waals surface area contributed by atoms with Crippen molar-refractivity contribution in [1.82, 2.24) is 15.2 Å². The summed E-state index contributed by atoms with van der Waals surface area (Å²) in [5, 5.41) is 6.94. The van der Waals surface area contributed by atoms with Crippen LogP contribution in [0.25, 0.3) is 0 Å². The lowest BCUT2D eigenvalue weighted by molar-refractivity contribution is 0.203. The van der Waals surface area contributed by atoms with E-state index in [2.05, 4.69) is 36.4 Å². The number of likely N-dealkylation sites (tertiary alicyclic amines) is 1. The second-order valence-electron chi connectivity index (χ2n) is 6.43. The molecular weight excluding hydrogens is 266 g/mol. The molecule has 0 bridgehead atoms. The van der Waals surface area contributed by atoms with Gasteiger partial charge >= 0.3 is 0 Å². The number of thiazole rings is 1. The van der Waals surface area contributed by atoms with E-state index in [1.54, 1.807) is 11.3 Å². The summed E-state index contributed by atoms with van der Waals surface area (Å²) in [6, 6.07) is 0.710. The second kappa shape index (κ2) is 8.11. The van der Waals surface area contributed by atoms with Crippen molar-refractivity contribution in [2.75, 3.05) is 13.1 Å². The van der Waals surface area contributed by atoms with Crippen LogP contribution in [0.2, 0.25) is 0 Å². The molecule has 114 valence electrons. The Morgan fingerprint density at radius 3 is 3.05 bits per heavy atom. The minimum atomic E-state index is 0.701. The molecule has 1 aromatic heterocycles. The third-order valence-electron chi connectivity index (χ3n) is 3.98. The first-order valence-corrected chi connectivity index (χ1v) is 8.91. The van der Waals surface area contributed by atoms with Gasteiger partial charge in [-0.25, -0.2) is 4.98 Å². The van der Waals surface area contributed by atoms with E-state index in [9.17, 15) is 0 Å². The molecule has 20 heavy (non-hydrogen) atoms. The number of nitrogens with zero attached hydrogens (tertiary/aromatic N) is 2. The smallest absolute Gasteiger partial charge is 0.107 e. The Balaban J connectivity index is 1.82. The molecule has 1 aliphatic rings. The summed E-state index contributed by atoms with van der Waals surface area (Å²) in [4.78, 5) is 7.39. The van der Waals surface area contributed by atoms with Crippen LogP contribution >= 0.6 is 11.3 Å². The molecule has 1 aromatic rings. The van der Waals surface area contributed by atoms with Crippen molar-refractivity contribution in [2.45, 2.75) is 65.6 Å². The SMILES string of the molecule is CC(C)CNCc1nc(CN2CCCCCC2C)cs1. The summed E-state index contributed by atoms with van der Waals surface area (Å²) in [5.41, 5.74) is 1.25. The minimum Gasteiger partial charge on any atom is -0.310 e. The number of nitrogens with one attached hydrogen (secondary N) is 1. The van der Waals surface area contributed by atoms with E-state index in [-0.39, 0.29) is 0 Å². The highest BCUT2D eigenvalue weighted by Crippen LogP contribution is 2.19. The van der Waals surface area contributed by atoms with Crippen molar-refractivity contribution in [3.8, 4) is 0 Å². The fourth-order valence-electron chi connectivity index (χ4n) is 2.75. The number of hydrogen-bond acceptors (Lipinski definition) is 4. The van der Waals surface area contributed by atoms with Crippen molar-refractivity contribution in [3.05, 3.63) is 16.1 Å². The highest BCUT2D eigenvalue weighted by atomic mass is 32.1. The van der Waals surface area contributed by atoms with Gasteiger partial charge in [0.1, 0.15) is 5.01 Å². The summed E-state index contributed by atoms with van der Waals surface area (Å²) in [7, 11) is 0. The number of aromatic nitrogens is 1. The van der Waals surface area contributed by atoms with Crippen LogP contribution in [0.5, 0.6) is 0 Å². The Hall–Kier alpha value is -0.450. The number of rotatable bonds is 6. The normalized spacial score (nSPS) is 21.3. The van der Waals surface area contributed by atoms with E-state index in [0.717, 1.165) is 19.6 Å². The van der Waals surface area contributed by atoms with Crippen LogP contribution in [-0.4, -0.2) is 29.0 Å². The van der Waals surface area contributed by atoms with Crippen LogP contribution in [0.15, 0.2) is 5.38 Å². The summed E-state index contributed by atoms with van der Waals surface area (Å²) in [6.07, 6.45) is 5.46. The van der Waals surface area contributed by atoms with Crippen molar-refractivity contribution < 1.29 is 0 Å². The van der Waals surface area contributed by atoms with Crippen LogP contribution in [-0.2, 0) is 13.1 Å². The maximum Gasteiger partial charge on any atom is 0.107 e. The molecule has 4 heteroatoms. The van der Waals surface area contributed by atoms with E-state index in [1.807, 2.05) is 0 Å². The third-order valence-corrected chi connectivity index (χ3v) is 4.88. The fourth-order valence-corrected chi connectivity index (χ4v) is 3.50. The van der Waals surface area contributed by atoms with E-state index >= 15 is 0 Å². The lowest BCUT2D eigenvalue weighted by Gasteiger charge is -2.25. The first-order valence-electron chi connectivity index (χ1n) is 8.03. The zero-order valence-electron chi connectivity index (χ0n) is 13.2. The molecule has 0 spiro atoms. The molecule has 0 saturated carbocycles. The summed E-state index contributed by atoms with van der Waals surface area (Å²) in [6.45, 7) is 11.1. The molecule has 1 aliphatic heterocycles. The molecule has 1 N–H and O–H groups in total. The molecule has 1 saturated heterocycles. The predicted molar refractivity (Wildman–Crippen MR) is 87.0 cm³/mol. The average molecular weight is 295 g/mol. The first-order chi connectivity index (χ1) is 9.65. The monoisotopic (exact) mass is 295 g/mol. The number of hydrogen-bond donors (Lipinski definition) is 1. The zero-order valence-corrected chi connectivity index (χ0v) is 14.0. The Kier molecular flexibility index (Phi) is 6.46. The maximum absolute atomic E-state index is 4.78. The summed E-state index contributed by atoms with van der Waals surface area (Å²) in [5.74, 6) is 0.701. The molecule has 1 fully saturated rings. The Labute approximate surface area is 127 Å². The van der Waals surface area contributed by atoms with Crippen LogP contribution < -0.4 is 5.32 Å². The minimum absolute atomic E-state index is 0.701. The third kappa shape index (κ3) is 5.15. The van der Waals surface area contributed by atoms with Gasteiger partial charge in [0.15, 0.2) is 0 Å². The first kappa shape index (κ1) is 15.9. The van der Waals surface area contributed by atoms with Crippen LogP contribution in [0.4, 0.5) is 0 Å². The fraction of sp³-hybridized carbons (Fsp3) is 0.812. The van der Waals surface area contributed by atoms with Gasteiger partial charge < -0.3 is 5.32 Å². The molecule has 3 nitrogen and oxygen atoms in total. The molecule has 2 rings (SSSR count). The van der Waals surface area contributed by atoms with Crippen LogP contribution in [0.3, 0.4) is 0 Å². The van der Waals surface area contributed by atoms with Gasteiger partial charge in [0.2, 0.25) is 0 Å². The van der Waals surface area contributed by atoms with Crippen LogP contribution in [0, 0.1) is 5.92 Å². The van der Waals surface area contributed by atoms with Gasteiger partial charge in [-0.2, -0.15) is 0 Å². The Morgan fingerprint density at radius 1 is 1.40 bits per heavy atom. The van der Waals surface area contributed by atoms with Gasteiger partial charge in [0.25, 0.3) is 0 Å². The van der Waals surface area contributed by atoms with E-state index < -0.39 is 0 Å². The maximum atomic E-state index is 4.78. The van der Waals surface area contributed by atoms with Gasteiger partial charge in [-0.15, -0.1) is 11.3 Å². The molecule has 1 atom stereocenters. The lowest BCUT2D eigenvalue weighted by Crippen LogP contribution is -2.32. The Morgan fingerprint density at radius 2 is 2.25 bits per heavy atom. The molecule has 0 radical (unpaired) electrons. The van der Waals surface area contributed by atoms with Crippen molar-refractivity contribution in [2.24, 2.45) is 5.92 Å². The van der Waals surface area contributed by atoms with E-state index in [0.29, 0.717) is 12.0 Å². The van der Waals surface area contributed by atoms with Crippen molar-refractivity contribution in [3.63, 3.8) is 0 Å². The molecule has 0 aromatic carbocycles. The quantitative estimate of drug-likeness (QED) is 0.868. The Bertz CT molecular complexity index is 389. The topological polar surface area (TPSA) is 28.2 Å². The highest BCUT2D eigenvalue weighted by Gasteiger charge is 2.17. The summed E-state index contributed by atoms with van der Waals surface area (Å²) < 4.78 is 0.